The number of halogens is 1. The van der Waals surface area contributed by atoms with E-state index in [1.807, 2.05) is 0 Å². The zero-order chi connectivity index (χ0) is 11.4. The van der Waals surface area contributed by atoms with Crippen LogP contribution in [0.25, 0.3) is 0 Å². The van der Waals surface area contributed by atoms with Crippen LogP contribution in [0.2, 0.25) is 0 Å². The summed E-state index contributed by atoms with van der Waals surface area (Å²) in [6.07, 6.45) is 2.34. The number of piperidine rings is 1. The zero-order valence-electron chi connectivity index (χ0n) is 9.32. The van der Waals surface area contributed by atoms with Gasteiger partial charge in [0, 0.05) is 10.4 Å². The van der Waals surface area contributed by atoms with Crippen LogP contribution < -0.4 is 5.32 Å². The largest absolute Gasteiger partial charge is 0.396 e. The van der Waals surface area contributed by atoms with Gasteiger partial charge in [-0.2, -0.15) is 0 Å². The van der Waals surface area contributed by atoms with Gasteiger partial charge in [0.25, 0.3) is 0 Å². The third-order valence-corrected chi connectivity index (χ3v) is 3.98. The van der Waals surface area contributed by atoms with E-state index in [0.29, 0.717) is 11.8 Å². The van der Waals surface area contributed by atoms with E-state index < -0.39 is 0 Å². The third-order valence-electron chi connectivity index (χ3n) is 3.45. The van der Waals surface area contributed by atoms with E-state index >= 15 is 0 Å². The summed E-state index contributed by atoms with van der Waals surface area (Å²) in [5.74, 6) is 0.919. The molecule has 1 aromatic carbocycles. The van der Waals surface area contributed by atoms with Crippen molar-refractivity contribution in [3.05, 3.63) is 34.3 Å². The summed E-state index contributed by atoms with van der Waals surface area (Å²) in [7, 11) is 0. The molecule has 1 heterocycles. The first-order valence-corrected chi connectivity index (χ1v) is 6.67. The first-order chi connectivity index (χ1) is 7.81. The van der Waals surface area contributed by atoms with Gasteiger partial charge >= 0.3 is 0 Å². The monoisotopic (exact) mass is 283 g/mol. The van der Waals surface area contributed by atoms with Crippen molar-refractivity contribution < 1.29 is 5.11 Å². The smallest absolute Gasteiger partial charge is 0.0502 e. The maximum absolute atomic E-state index is 9.57. The molecule has 1 fully saturated rings. The molecule has 0 amide bonds. The molecule has 0 spiro atoms. The Morgan fingerprint density at radius 3 is 2.44 bits per heavy atom. The maximum atomic E-state index is 9.57. The summed E-state index contributed by atoms with van der Waals surface area (Å²) in [4.78, 5) is 0. The van der Waals surface area contributed by atoms with Gasteiger partial charge in [-0.05, 0) is 49.5 Å². The van der Waals surface area contributed by atoms with Gasteiger partial charge in [0.2, 0.25) is 0 Å². The topological polar surface area (TPSA) is 32.3 Å². The Morgan fingerprint density at radius 2 is 1.88 bits per heavy atom. The van der Waals surface area contributed by atoms with Crippen molar-refractivity contribution in [2.24, 2.45) is 5.92 Å². The number of aliphatic hydroxyl groups excluding tert-OH is 1. The SMILES string of the molecule is OCC(c1ccc(Br)cc1)C1CCNCC1. The molecular formula is C13H18BrNO. The molecule has 0 aromatic heterocycles. The lowest BCUT2D eigenvalue weighted by molar-refractivity contribution is 0.201. The van der Waals surface area contributed by atoms with Crippen molar-refractivity contribution in [1.82, 2.24) is 5.32 Å². The second-order valence-electron chi connectivity index (χ2n) is 4.43. The molecule has 2 nitrogen and oxygen atoms in total. The Kier molecular flexibility index (Phi) is 4.38. The average molecular weight is 284 g/mol. The Labute approximate surface area is 105 Å². The number of hydrogen-bond donors (Lipinski definition) is 2. The van der Waals surface area contributed by atoms with Crippen molar-refractivity contribution in [3.8, 4) is 0 Å². The molecule has 1 aliphatic heterocycles. The second kappa shape index (κ2) is 5.80. The molecule has 88 valence electrons. The number of nitrogens with one attached hydrogen (secondary N) is 1. The summed E-state index contributed by atoms with van der Waals surface area (Å²) in [6, 6.07) is 8.35. The predicted octanol–water partition coefficient (Wildman–Crippen LogP) is 2.52. The lowest BCUT2D eigenvalue weighted by Crippen LogP contribution is -2.32. The molecule has 1 unspecified atom stereocenters. The Balaban J connectivity index is 2.11. The molecule has 3 heteroatoms. The molecule has 0 aliphatic carbocycles. The van der Waals surface area contributed by atoms with Crippen molar-refractivity contribution in [2.75, 3.05) is 19.7 Å². The van der Waals surface area contributed by atoms with Crippen molar-refractivity contribution in [1.29, 1.82) is 0 Å². The van der Waals surface area contributed by atoms with Crippen LogP contribution in [0.4, 0.5) is 0 Å². The Hall–Kier alpha value is -0.380. The maximum Gasteiger partial charge on any atom is 0.0502 e. The molecule has 1 atom stereocenters. The molecule has 2 rings (SSSR count). The molecule has 16 heavy (non-hydrogen) atoms. The minimum atomic E-state index is 0.256. The molecule has 2 N–H and O–H groups in total. The van der Waals surface area contributed by atoms with Crippen molar-refractivity contribution in [2.45, 2.75) is 18.8 Å². The second-order valence-corrected chi connectivity index (χ2v) is 5.34. The quantitative estimate of drug-likeness (QED) is 0.894. The summed E-state index contributed by atoms with van der Waals surface area (Å²) >= 11 is 3.44. The number of benzene rings is 1. The summed E-state index contributed by atoms with van der Waals surface area (Å²) in [6.45, 7) is 2.42. The van der Waals surface area contributed by atoms with Gasteiger partial charge < -0.3 is 10.4 Å². The fourth-order valence-electron chi connectivity index (χ4n) is 2.48. The number of hydrogen-bond acceptors (Lipinski definition) is 2. The van der Waals surface area contributed by atoms with Gasteiger partial charge in [0.15, 0.2) is 0 Å². The van der Waals surface area contributed by atoms with Crippen LogP contribution in [0.5, 0.6) is 0 Å². The highest BCUT2D eigenvalue weighted by Gasteiger charge is 2.24. The van der Waals surface area contributed by atoms with Crippen LogP contribution in [0.1, 0.15) is 24.3 Å². The molecule has 1 saturated heterocycles. The fraction of sp³-hybridized carbons (Fsp3) is 0.538. The van der Waals surface area contributed by atoms with Crippen LogP contribution in [0.3, 0.4) is 0 Å². The molecule has 0 radical (unpaired) electrons. The van der Waals surface area contributed by atoms with Crippen LogP contribution in [0, 0.1) is 5.92 Å². The summed E-state index contributed by atoms with van der Waals surface area (Å²) < 4.78 is 1.10. The molecular weight excluding hydrogens is 266 g/mol. The van der Waals surface area contributed by atoms with Gasteiger partial charge in [-0.3, -0.25) is 0 Å². The lowest BCUT2D eigenvalue weighted by Gasteiger charge is -2.29. The lowest BCUT2D eigenvalue weighted by atomic mass is 9.81. The van der Waals surface area contributed by atoms with Crippen LogP contribution >= 0.6 is 15.9 Å². The predicted molar refractivity (Wildman–Crippen MR) is 69.6 cm³/mol. The van der Waals surface area contributed by atoms with E-state index in [-0.39, 0.29) is 6.61 Å². The minimum absolute atomic E-state index is 0.256. The Morgan fingerprint density at radius 1 is 1.25 bits per heavy atom. The van der Waals surface area contributed by atoms with E-state index in [1.54, 1.807) is 0 Å². The minimum Gasteiger partial charge on any atom is -0.396 e. The zero-order valence-corrected chi connectivity index (χ0v) is 10.9. The number of rotatable bonds is 3. The molecule has 0 bridgehead atoms. The molecule has 0 saturated carbocycles. The third kappa shape index (κ3) is 2.84. The Bertz CT molecular complexity index is 319. The molecule has 1 aliphatic rings. The average Bonchev–Trinajstić information content (AvgIpc) is 2.34. The normalized spacial score (nSPS) is 19.6. The highest BCUT2D eigenvalue weighted by atomic mass is 79.9. The van der Waals surface area contributed by atoms with E-state index in [0.717, 1.165) is 17.6 Å². The van der Waals surface area contributed by atoms with Crippen LogP contribution in [0.15, 0.2) is 28.7 Å². The van der Waals surface area contributed by atoms with E-state index in [9.17, 15) is 5.11 Å². The first kappa shape index (κ1) is 12.1. The summed E-state index contributed by atoms with van der Waals surface area (Å²) in [5.41, 5.74) is 1.26. The first-order valence-electron chi connectivity index (χ1n) is 5.88. The van der Waals surface area contributed by atoms with Gasteiger partial charge in [-0.1, -0.05) is 28.1 Å². The van der Waals surface area contributed by atoms with Gasteiger partial charge in [-0.15, -0.1) is 0 Å². The molecule has 1 aromatic rings. The fourth-order valence-corrected chi connectivity index (χ4v) is 2.75. The van der Waals surface area contributed by atoms with E-state index in [1.165, 1.54) is 18.4 Å². The standard InChI is InChI=1S/C13H18BrNO/c14-12-3-1-10(2-4-12)13(9-16)11-5-7-15-8-6-11/h1-4,11,13,15-16H,5-9H2. The van der Waals surface area contributed by atoms with E-state index in [4.69, 9.17) is 0 Å². The van der Waals surface area contributed by atoms with Crippen LogP contribution in [-0.4, -0.2) is 24.8 Å². The van der Waals surface area contributed by atoms with Gasteiger partial charge in [0.1, 0.15) is 0 Å². The number of aliphatic hydroxyl groups is 1. The summed E-state index contributed by atoms with van der Waals surface area (Å²) in [5, 5.41) is 12.9. The highest BCUT2D eigenvalue weighted by Crippen LogP contribution is 2.31. The highest BCUT2D eigenvalue weighted by molar-refractivity contribution is 9.10. The van der Waals surface area contributed by atoms with Gasteiger partial charge in [-0.25, -0.2) is 0 Å². The van der Waals surface area contributed by atoms with Crippen molar-refractivity contribution >= 4 is 15.9 Å². The van der Waals surface area contributed by atoms with Crippen LogP contribution in [-0.2, 0) is 0 Å². The van der Waals surface area contributed by atoms with Gasteiger partial charge in [0.05, 0.1) is 6.61 Å². The van der Waals surface area contributed by atoms with Crippen molar-refractivity contribution in [3.63, 3.8) is 0 Å². The van der Waals surface area contributed by atoms with E-state index in [2.05, 4.69) is 45.5 Å².